The lowest BCUT2D eigenvalue weighted by atomic mass is 10.1. The molecule has 0 aromatic carbocycles. The van der Waals surface area contributed by atoms with Crippen LogP contribution in [0, 0.1) is 6.92 Å². The van der Waals surface area contributed by atoms with Crippen molar-refractivity contribution in [1.29, 1.82) is 0 Å². The van der Waals surface area contributed by atoms with Gasteiger partial charge < -0.3 is 10.2 Å². The van der Waals surface area contributed by atoms with Gasteiger partial charge in [0, 0.05) is 30.1 Å². The predicted molar refractivity (Wildman–Crippen MR) is 69.1 cm³/mol. The number of aryl methyl sites for hydroxylation is 1. The van der Waals surface area contributed by atoms with Crippen LogP contribution in [0.1, 0.15) is 23.5 Å². The summed E-state index contributed by atoms with van der Waals surface area (Å²) < 4.78 is 0. The van der Waals surface area contributed by atoms with E-state index in [0.717, 1.165) is 24.7 Å². The van der Waals surface area contributed by atoms with E-state index in [9.17, 15) is 0 Å². The summed E-state index contributed by atoms with van der Waals surface area (Å²) in [6, 6.07) is 0.720. The standard InChI is InChI=1S/C12H21N3S/c1-10-9-16-12(14-10)3-6-13-11-4-7-15(2)8-5-11/h9,11,13H,3-8H2,1-2H3. The maximum atomic E-state index is 4.48. The summed E-state index contributed by atoms with van der Waals surface area (Å²) in [7, 11) is 2.20. The fourth-order valence-corrected chi connectivity index (χ4v) is 2.89. The number of hydrogen-bond donors (Lipinski definition) is 1. The third-order valence-electron chi connectivity index (χ3n) is 3.16. The topological polar surface area (TPSA) is 28.2 Å². The number of rotatable bonds is 4. The number of aromatic nitrogens is 1. The highest BCUT2D eigenvalue weighted by Gasteiger charge is 2.15. The van der Waals surface area contributed by atoms with Crippen molar-refractivity contribution in [2.24, 2.45) is 0 Å². The Morgan fingerprint density at radius 2 is 2.25 bits per heavy atom. The van der Waals surface area contributed by atoms with E-state index < -0.39 is 0 Å². The lowest BCUT2D eigenvalue weighted by Crippen LogP contribution is -2.41. The van der Waals surface area contributed by atoms with E-state index in [-0.39, 0.29) is 0 Å². The zero-order chi connectivity index (χ0) is 11.4. The van der Waals surface area contributed by atoms with Crippen LogP contribution >= 0.6 is 11.3 Å². The molecule has 1 fully saturated rings. The molecule has 0 radical (unpaired) electrons. The summed E-state index contributed by atoms with van der Waals surface area (Å²) in [5.74, 6) is 0. The molecule has 1 aliphatic heterocycles. The van der Waals surface area contributed by atoms with Crippen molar-refractivity contribution in [3.63, 3.8) is 0 Å². The molecule has 0 atom stereocenters. The molecule has 0 saturated carbocycles. The van der Waals surface area contributed by atoms with E-state index in [1.165, 1.54) is 30.9 Å². The van der Waals surface area contributed by atoms with E-state index in [4.69, 9.17) is 0 Å². The molecule has 2 heterocycles. The lowest BCUT2D eigenvalue weighted by Gasteiger charge is -2.29. The normalized spacial score (nSPS) is 19.1. The van der Waals surface area contributed by atoms with E-state index >= 15 is 0 Å². The van der Waals surface area contributed by atoms with Gasteiger partial charge in [-0.15, -0.1) is 11.3 Å². The fourth-order valence-electron chi connectivity index (χ4n) is 2.11. The van der Waals surface area contributed by atoms with Gasteiger partial charge in [-0.05, 0) is 39.9 Å². The van der Waals surface area contributed by atoms with Crippen LogP contribution in [0.25, 0.3) is 0 Å². The SMILES string of the molecule is Cc1csc(CCNC2CCN(C)CC2)n1. The van der Waals surface area contributed by atoms with Gasteiger partial charge in [0.2, 0.25) is 0 Å². The molecule has 0 amide bonds. The van der Waals surface area contributed by atoms with Crippen LogP contribution in [-0.4, -0.2) is 42.6 Å². The minimum Gasteiger partial charge on any atom is -0.313 e. The lowest BCUT2D eigenvalue weighted by molar-refractivity contribution is 0.235. The van der Waals surface area contributed by atoms with Crippen LogP contribution in [0.3, 0.4) is 0 Å². The minimum absolute atomic E-state index is 0.720. The average molecular weight is 239 g/mol. The third kappa shape index (κ3) is 3.54. The summed E-state index contributed by atoms with van der Waals surface area (Å²) >= 11 is 1.78. The van der Waals surface area contributed by atoms with Crippen molar-refractivity contribution < 1.29 is 0 Å². The van der Waals surface area contributed by atoms with Gasteiger partial charge in [0.25, 0.3) is 0 Å². The largest absolute Gasteiger partial charge is 0.313 e. The molecule has 4 heteroatoms. The van der Waals surface area contributed by atoms with Gasteiger partial charge in [0.05, 0.1) is 5.01 Å². The smallest absolute Gasteiger partial charge is 0.0940 e. The van der Waals surface area contributed by atoms with Crippen LogP contribution in [0.5, 0.6) is 0 Å². The van der Waals surface area contributed by atoms with Crippen molar-refractivity contribution in [3.8, 4) is 0 Å². The maximum Gasteiger partial charge on any atom is 0.0940 e. The minimum atomic E-state index is 0.720. The molecule has 0 bridgehead atoms. The molecule has 0 aliphatic carbocycles. The van der Waals surface area contributed by atoms with Crippen LogP contribution in [-0.2, 0) is 6.42 Å². The molecular formula is C12H21N3S. The Morgan fingerprint density at radius 3 is 2.88 bits per heavy atom. The van der Waals surface area contributed by atoms with E-state index in [0.29, 0.717) is 0 Å². The molecule has 1 N–H and O–H groups in total. The van der Waals surface area contributed by atoms with Crippen LogP contribution in [0.2, 0.25) is 0 Å². The Morgan fingerprint density at radius 1 is 1.50 bits per heavy atom. The van der Waals surface area contributed by atoms with E-state index in [2.05, 4.69) is 34.6 Å². The first kappa shape index (κ1) is 12.0. The summed E-state index contributed by atoms with van der Waals surface area (Å²) in [5, 5.41) is 7.03. The van der Waals surface area contributed by atoms with Crippen LogP contribution in [0.4, 0.5) is 0 Å². The maximum absolute atomic E-state index is 4.48. The third-order valence-corrected chi connectivity index (χ3v) is 4.18. The van der Waals surface area contributed by atoms with E-state index in [1.54, 1.807) is 11.3 Å². The summed E-state index contributed by atoms with van der Waals surface area (Å²) in [6.07, 6.45) is 3.64. The number of nitrogens with one attached hydrogen (secondary N) is 1. The number of nitrogens with zero attached hydrogens (tertiary/aromatic N) is 2. The molecule has 90 valence electrons. The molecule has 1 aliphatic rings. The number of thiazole rings is 1. The summed E-state index contributed by atoms with van der Waals surface area (Å²) in [5.41, 5.74) is 1.15. The molecule has 2 rings (SSSR count). The predicted octanol–water partition coefficient (Wildman–Crippen LogP) is 1.68. The molecule has 1 saturated heterocycles. The molecule has 0 spiro atoms. The number of likely N-dealkylation sites (tertiary alicyclic amines) is 1. The Labute approximate surface area is 102 Å². The second kappa shape index (κ2) is 5.75. The van der Waals surface area contributed by atoms with Crippen molar-refractivity contribution >= 4 is 11.3 Å². The number of piperidine rings is 1. The monoisotopic (exact) mass is 239 g/mol. The van der Waals surface area contributed by atoms with Crippen LogP contribution < -0.4 is 5.32 Å². The Kier molecular flexibility index (Phi) is 4.32. The zero-order valence-corrected chi connectivity index (χ0v) is 11.0. The highest BCUT2D eigenvalue weighted by Crippen LogP contribution is 2.10. The van der Waals surface area contributed by atoms with Gasteiger partial charge in [-0.25, -0.2) is 4.98 Å². The van der Waals surface area contributed by atoms with Gasteiger partial charge in [0.15, 0.2) is 0 Å². The Hall–Kier alpha value is -0.450. The van der Waals surface area contributed by atoms with Gasteiger partial charge in [0.1, 0.15) is 0 Å². The Bertz CT molecular complexity index is 316. The van der Waals surface area contributed by atoms with Gasteiger partial charge >= 0.3 is 0 Å². The van der Waals surface area contributed by atoms with Crippen molar-refractivity contribution in [1.82, 2.24) is 15.2 Å². The second-order valence-corrected chi connectivity index (χ2v) is 5.61. The fraction of sp³-hybridized carbons (Fsp3) is 0.750. The molecular weight excluding hydrogens is 218 g/mol. The van der Waals surface area contributed by atoms with Crippen molar-refractivity contribution in [3.05, 3.63) is 16.1 Å². The highest BCUT2D eigenvalue weighted by atomic mass is 32.1. The molecule has 3 nitrogen and oxygen atoms in total. The molecule has 16 heavy (non-hydrogen) atoms. The molecule has 0 unspecified atom stereocenters. The van der Waals surface area contributed by atoms with E-state index in [1.807, 2.05) is 0 Å². The Balaban J connectivity index is 1.64. The second-order valence-electron chi connectivity index (χ2n) is 4.66. The molecule has 1 aromatic heterocycles. The highest BCUT2D eigenvalue weighted by molar-refractivity contribution is 7.09. The first-order valence-electron chi connectivity index (χ1n) is 6.07. The van der Waals surface area contributed by atoms with Crippen LogP contribution in [0.15, 0.2) is 5.38 Å². The first-order chi connectivity index (χ1) is 7.74. The quantitative estimate of drug-likeness (QED) is 0.866. The van der Waals surface area contributed by atoms with Gasteiger partial charge in [-0.3, -0.25) is 0 Å². The van der Waals surface area contributed by atoms with Gasteiger partial charge in [-0.2, -0.15) is 0 Å². The summed E-state index contributed by atoms with van der Waals surface area (Å²) in [4.78, 5) is 6.88. The first-order valence-corrected chi connectivity index (χ1v) is 6.95. The molecule has 1 aromatic rings. The average Bonchev–Trinajstić information content (AvgIpc) is 2.67. The summed E-state index contributed by atoms with van der Waals surface area (Å²) in [6.45, 7) is 5.59. The zero-order valence-electron chi connectivity index (χ0n) is 10.2. The number of hydrogen-bond acceptors (Lipinski definition) is 4. The van der Waals surface area contributed by atoms with Crippen molar-refractivity contribution in [2.75, 3.05) is 26.7 Å². The van der Waals surface area contributed by atoms with Gasteiger partial charge in [-0.1, -0.05) is 0 Å². The van der Waals surface area contributed by atoms with Crippen molar-refractivity contribution in [2.45, 2.75) is 32.2 Å².